The smallest absolute Gasteiger partial charge is 0.123 e. The molecular weight excluding hydrogens is 238 g/mol. The van der Waals surface area contributed by atoms with Crippen LogP contribution in [0.5, 0.6) is 0 Å². The van der Waals surface area contributed by atoms with Crippen LogP contribution < -0.4 is 5.32 Å². The Morgan fingerprint density at radius 3 is 2.84 bits per heavy atom. The van der Waals surface area contributed by atoms with Crippen molar-refractivity contribution in [3.63, 3.8) is 0 Å². The molecule has 0 spiro atoms. The van der Waals surface area contributed by atoms with Gasteiger partial charge < -0.3 is 14.3 Å². The maximum atomic E-state index is 5.61. The van der Waals surface area contributed by atoms with Gasteiger partial charge in [-0.25, -0.2) is 4.98 Å². The molecule has 4 nitrogen and oxygen atoms in total. The highest BCUT2D eigenvalue weighted by Gasteiger charge is 2.10. The Kier molecular flexibility index (Phi) is 4.10. The standard InChI is InChI=1S/C15H23N3O/c1-5-14-16-6-7-18(14)10-13-8-12(11-19-13)9-17-15(2,3)4/h6-8,11,17H,5,9-10H2,1-4H3. The van der Waals surface area contributed by atoms with Crippen LogP contribution in [0.3, 0.4) is 0 Å². The SMILES string of the molecule is CCc1nccn1Cc1cc(CNC(C)(C)C)co1. The monoisotopic (exact) mass is 261 g/mol. The third kappa shape index (κ3) is 3.96. The summed E-state index contributed by atoms with van der Waals surface area (Å²) in [5.74, 6) is 2.06. The molecule has 2 aromatic heterocycles. The highest BCUT2D eigenvalue weighted by atomic mass is 16.3. The summed E-state index contributed by atoms with van der Waals surface area (Å²) in [6.07, 6.45) is 6.60. The maximum Gasteiger partial charge on any atom is 0.123 e. The minimum Gasteiger partial charge on any atom is -0.467 e. The highest BCUT2D eigenvalue weighted by Crippen LogP contribution is 2.12. The highest BCUT2D eigenvalue weighted by molar-refractivity contribution is 5.14. The molecule has 0 aliphatic heterocycles. The van der Waals surface area contributed by atoms with Crippen LogP contribution in [0, 0.1) is 0 Å². The molecule has 19 heavy (non-hydrogen) atoms. The third-order valence-electron chi connectivity index (χ3n) is 2.98. The molecule has 0 fully saturated rings. The Bertz CT molecular complexity index is 519. The first kappa shape index (κ1) is 13.9. The number of nitrogens with one attached hydrogen (secondary N) is 1. The molecule has 0 atom stereocenters. The molecule has 0 saturated heterocycles. The lowest BCUT2D eigenvalue weighted by Gasteiger charge is -2.19. The summed E-state index contributed by atoms with van der Waals surface area (Å²) in [4.78, 5) is 4.32. The molecule has 4 heteroatoms. The molecule has 0 saturated carbocycles. The van der Waals surface area contributed by atoms with E-state index in [9.17, 15) is 0 Å². The van der Waals surface area contributed by atoms with E-state index in [0.29, 0.717) is 0 Å². The van der Waals surface area contributed by atoms with Gasteiger partial charge in [0, 0.05) is 36.5 Å². The van der Waals surface area contributed by atoms with Crippen molar-refractivity contribution in [2.45, 2.75) is 52.7 Å². The first-order valence-electron chi connectivity index (χ1n) is 6.79. The fourth-order valence-corrected chi connectivity index (χ4v) is 1.94. The summed E-state index contributed by atoms with van der Waals surface area (Å²) in [6, 6.07) is 2.11. The predicted octanol–water partition coefficient (Wildman–Crippen LogP) is 2.97. The van der Waals surface area contributed by atoms with E-state index in [4.69, 9.17) is 4.42 Å². The van der Waals surface area contributed by atoms with E-state index in [-0.39, 0.29) is 5.54 Å². The first-order valence-corrected chi connectivity index (χ1v) is 6.79. The van der Waals surface area contributed by atoms with Crippen LogP contribution in [0.1, 0.15) is 44.8 Å². The molecule has 0 aliphatic carbocycles. The zero-order valence-electron chi connectivity index (χ0n) is 12.2. The topological polar surface area (TPSA) is 43.0 Å². The van der Waals surface area contributed by atoms with Gasteiger partial charge in [-0.1, -0.05) is 6.92 Å². The normalized spacial score (nSPS) is 12.0. The zero-order valence-corrected chi connectivity index (χ0v) is 12.2. The minimum absolute atomic E-state index is 0.122. The predicted molar refractivity (Wildman–Crippen MR) is 76.0 cm³/mol. The van der Waals surface area contributed by atoms with Crippen molar-refractivity contribution >= 4 is 0 Å². The van der Waals surface area contributed by atoms with Gasteiger partial charge in [-0.05, 0) is 26.8 Å². The van der Waals surface area contributed by atoms with Crippen LogP contribution in [0.4, 0.5) is 0 Å². The first-order chi connectivity index (χ1) is 8.98. The lowest BCUT2D eigenvalue weighted by Crippen LogP contribution is -2.34. The van der Waals surface area contributed by atoms with Crippen molar-refractivity contribution < 1.29 is 4.42 Å². The van der Waals surface area contributed by atoms with E-state index in [1.54, 1.807) is 0 Å². The molecule has 2 aromatic rings. The van der Waals surface area contributed by atoms with Crippen LogP contribution >= 0.6 is 0 Å². The molecule has 2 heterocycles. The number of aromatic nitrogens is 2. The minimum atomic E-state index is 0.122. The number of imidazole rings is 1. The van der Waals surface area contributed by atoms with E-state index in [2.05, 4.69) is 48.6 Å². The van der Waals surface area contributed by atoms with Crippen LogP contribution in [0.25, 0.3) is 0 Å². The van der Waals surface area contributed by atoms with Gasteiger partial charge in [0.05, 0.1) is 12.8 Å². The molecule has 0 unspecified atom stereocenters. The van der Waals surface area contributed by atoms with Gasteiger partial charge in [0.15, 0.2) is 0 Å². The molecule has 0 bridgehead atoms. The third-order valence-corrected chi connectivity index (χ3v) is 2.98. The number of aryl methyl sites for hydroxylation is 1. The van der Waals surface area contributed by atoms with Crippen LogP contribution in [-0.4, -0.2) is 15.1 Å². The lowest BCUT2D eigenvalue weighted by molar-refractivity contribution is 0.422. The lowest BCUT2D eigenvalue weighted by atomic mass is 10.1. The van der Waals surface area contributed by atoms with Crippen LogP contribution in [-0.2, 0) is 19.5 Å². The van der Waals surface area contributed by atoms with Crippen LogP contribution in [0.2, 0.25) is 0 Å². The Morgan fingerprint density at radius 1 is 1.37 bits per heavy atom. The average molecular weight is 261 g/mol. The molecule has 0 radical (unpaired) electrons. The van der Waals surface area contributed by atoms with Crippen molar-refractivity contribution in [1.82, 2.24) is 14.9 Å². The van der Waals surface area contributed by atoms with Gasteiger partial charge in [0.2, 0.25) is 0 Å². The second-order valence-electron chi connectivity index (χ2n) is 5.85. The van der Waals surface area contributed by atoms with Gasteiger partial charge in [-0.3, -0.25) is 0 Å². The van der Waals surface area contributed by atoms with Gasteiger partial charge in [-0.15, -0.1) is 0 Å². The summed E-state index contributed by atoms with van der Waals surface area (Å²) < 4.78 is 7.74. The average Bonchev–Trinajstić information content (AvgIpc) is 2.95. The molecule has 0 amide bonds. The van der Waals surface area contributed by atoms with Gasteiger partial charge in [0.25, 0.3) is 0 Å². The van der Waals surface area contributed by atoms with Gasteiger partial charge in [-0.2, -0.15) is 0 Å². The summed E-state index contributed by atoms with van der Waals surface area (Å²) in [5.41, 5.74) is 1.31. The van der Waals surface area contributed by atoms with Crippen molar-refractivity contribution in [3.8, 4) is 0 Å². The molecule has 104 valence electrons. The summed E-state index contributed by atoms with van der Waals surface area (Å²) in [5, 5.41) is 3.45. The van der Waals surface area contributed by atoms with Gasteiger partial charge in [0.1, 0.15) is 11.6 Å². The second kappa shape index (κ2) is 5.61. The van der Waals surface area contributed by atoms with E-state index < -0.39 is 0 Å². The van der Waals surface area contributed by atoms with E-state index >= 15 is 0 Å². The Balaban J connectivity index is 1.98. The summed E-state index contributed by atoms with van der Waals surface area (Å²) >= 11 is 0. The van der Waals surface area contributed by atoms with Crippen molar-refractivity contribution in [1.29, 1.82) is 0 Å². The maximum absolute atomic E-state index is 5.61. The fraction of sp³-hybridized carbons (Fsp3) is 0.533. The molecule has 0 aromatic carbocycles. The zero-order chi connectivity index (χ0) is 13.9. The fourth-order valence-electron chi connectivity index (χ4n) is 1.94. The number of furan rings is 1. The molecule has 0 aliphatic rings. The van der Waals surface area contributed by atoms with E-state index in [0.717, 1.165) is 31.1 Å². The Hall–Kier alpha value is -1.55. The van der Waals surface area contributed by atoms with E-state index in [1.165, 1.54) is 5.56 Å². The van der Waals surface area contributed by atoms with Crippen LogP contribution in [0.15, 0.2) is 29.1 Å². The Morgan fingerprint density at radius 2 is 2.16 bits per heavy atom. The largest absolute Gasteiger partial charge is 0.467 e. The van der Waals surface area contributed by atoms with Crippen molar-refractivity contribution in [2.24, 2.45) is 0 Å². The van der Waals surface area contributed by atoms with Crippen molar-refractivity contribution in [2.75, 3.05) is 0 Å². The van der Waals surface area contributed by atoms with Gasteiger partial charge >= 0.3 is 0 Å². The number of hydrogen-bond acceptors (Lipinski definition) is 3. The number of nitrogens with zero attached hydrogens (tertiary/aromatic N) is 2. The molecule has 2 rings (SSSR count). The molecule has 1 N–H and O–H groups in total. The number of hydrogen-bond donors (Lipinski definition) is 1. The van der Waals surface area contributed by atoms with Crippen molar-refractivity contribution in [3.05, 3.63) is 41.9 Å². The summed E-state index contributed by atoms with van der Waals surface area (Å²) in [6.45, 7) is 10.2. The number of rotatable bonds is 5. The Labute approximate surface area is 114 Å². The quantitative estimate of drug-likeness (QED) is 0.899. The summed E-state index contributed by atoms with van der Waals surface area (Å²) in [7, 11) is 0. The second-order valence-corrected chi connectivity index (χ2v) is 5.85. The molecular formula is C15H23N3O. The van der Waals surface area contributed by atoms with E-state index in [1.807, 2.05) is 18.7 Å².